The van der Waals surface area contributed by atoms with Crippen LogP contribution in [0.2, 0.25) is 0 Å². The Morgan fingerprint density at radius 2 is 2.00 bits per heavy atom. The third-order valence-electron chi connectivity index (χ3n) is 2.29. The van der Waals surface area contributed by atoms with Crippen molar-refractivity contribution < 1.29 is 4.74 Å². The number of ether oxygens (including phenoxy) is 1. The highest BCUT2D eigenvalue weighted by Crippen LogP contribution is 2.30. The third kappa shape index (κ3) is 1.79. The molecule has 0 heterocycles. The van der Waals surface area contributed by atoms with Crippen molar-refractivity contribution in [3.8, 4) is 5.75 Å². The maximum absolute atomic E-state index is 6.00. The van der Waals surface area contributed by atoms with Crippen LogP contribution in [0.15, 0.2) is 49.1 Å². The minimum absolute atomic E-state index is 0.475. The first-order valence-corrected chi connectivity index (χ1v) is 4.84. The van der Waals surface area contributed by atoms with Gasteiger partial charge in [0.05, 0.1) is 5.69 Å². The molecule has 0 aliphatic rings. The topological polar surface area (TPSA) is 35.2 Å². The van der Waals surface area contributed by atoms with Gasteiger partial charge < -0.3 is 10.5 Å². The van der Waals surface area contributed by atoms with E-state index in [0.717, 1.165) is 10.8 Å². The predicted octanol–water partition coefficient (Wildman–Crippen LogP) is 2.99. The standard InChI is InChI=1S/C13H13NO/c1-2-9-15-12-8-7-10-5-3-4-6-11(10)13(12)14/h2-8H,1,9,14H2. The van der Waals surface area contributed by atoms with E-state index in [9.17, 15) is 0 Å². The molecule has 2 aromatic rings. The lowest BCUT2D eigenvalue weighted by Crippen LogP contribution is -1.98. The SMILES string of the molecule is C=CCOc1ccc2ccccc2c1N. The number of hydrogen-bond acceptors (Lipinski definition) is 2. The summed E-state index contributed by atoms with van der Waals surface area (Å²) in [5.41, 5.74) is 6.69. The van der Waals surface area contributed by atoms with E-state index in [0.29, 0.717) is 18.0 Å². The number of nitrogen functional groups attached to an aromatic ring is 1. The molecule has 15 heavy (non-hydrogen) atoms. The van der Waals surface area contributed by atoms with Crippen LogP contribution in [0.4, 0.5) is 5.69 Å². The summed E-state index contributed by atoms with van der Waals surface area (Å²) in [6, 6.07) is 11.9. The van der Waals surface area contributed by atoms with Crippen LogP contribution < -0.4 is 10.5 Å². The quantitative estimate of drug-likeness (QED) is 0.609. The van der Waals surface area contributed by atoms with E-state index in [-0.39, 0.29) is 0 Å². The predicted molar refractivity (Wildman–Crippen MR) is 64.1 cm³/mol. The summed E-state index contributed by atoms with van der Waals surface area (Å²) in [6.07, 6.45) is 1.70. The van der Waals surface area contributed by atoms with Gasteiger partial charge in [0.15, 0.2) is 0 Å². The van der Waals surface area contributed by atoms with E-state index in [1.807, 2.05) is 36.4 Å². The van der Waals surface area contributed by atoms with Crippen LogP contribution in [0.5, 0.6) is 5.75 Å². The lowest BCUT2D eigenvalue weighted by Gasteiger charge is -2.09. The molecule has 2 heteroatoms. The van der Waals surface area contributed by atoms with Crippen LogP contribution >= 0.6 is 0 Å². The van der Waals surface area contributed by atoms with E-state index in [1.165, 1.54) is 0 Å². The van der Waals surface area contributed by atoms with Gasteiger partial charge in [0.2, 0.25) is 0 Å². The van der Waals surface area contributed by atoms with Gasteiger partial charge in [-0.05, 0) is 11.5 Å². The van der Waals surface area contributed by atoms with Gasteiger partial charge in [0.25, 0.3) is 0 Å². The Kier molecular flexibility index (Phi) is 2.59. The van der Waals surface area contributed by atoms with E-state index in [1.54, 1.807) is 6.08 Å². The Hall–Kier alpha value is -1.96. The smallest absolute Gasteiger partial charge is 0.143 e. The number of nitrogens with two attached hydrogens (primary N) is 1. The minimum atomic E-state index is 0.475. The Bertz CT molecular complexity index is 491. The van der Waals surface area contributed by atoms with Crippen molar-refractivity contribution in [3.63, 3.8) is 0 Å². The molecule has 0 bridgehead atoms. The number of hydrogen-bond donors (Lipinski definition) is 1. The first kappa shape index (κ1) is 9.59. The average molecular weight is 199 g/mol. The molecule has 2 rings (SSSR count). The van der Waals surface area contributed by atoms with Crippen LogP contribution in [0, 0.1) is 0 Å². The lowest BCUT2D eigenvalue weighted by atomic mass is 10.1. The summed E-state index contributed by atoms with van der Waals surface area (Å²) in [5, 5.41) is 2.15. The van der Waals surface area contributed by atoms with Crippen LogP contribution in [0.1, 0.15) is 0 Å². The largest absolute Gasteiger partial charge is 0.487 e. The van der Waals surface area contributed by atoms with E-state index >= 15 is 0 Å². The molecule has 0 amide bonds. The second kappa shape index (κ2) is 4.05. The molecule has 0 saturated carbocycles. The van der Waals surface area contributed by atoms with Gasteiger partial charge in [0.1, 0.15) is 12.4 Å². The van der Waals surface area contributed by atoms with Gasteiger partial charge >= 0.3 is 0 Å². The van der Waals surface area contributed by atoms with Crippen molar-refractivity contribution in [1.29, 1.82) is 0 Å². The molecule has 2 N–H and O–H groups in total. The number of anilines is 1. The van der Waals surface area contributed by atoms with E-state index in [4.69, 9.17) is 10.5 Å². The summed E-state index contributed by atoms with van der Waals surface area (Å²) >= 11 is 0. The maximum Gasteiger partial charge on any atom is 0.143 e. The van der Waals surface area contributed by atoms with Crippen molar-refractivity contribution in [3.05, 3.63) is 49.1 Å². The molecule has 0 aromatic heterocycles. The number of benzene rings is 2. The molecule has 0 aliphatic heterocycles. The van der Waals surface area contributed by atoms with Crippen LogP contribution in [0.25, 0.3) is 10.8 Å². The second-order valence-electron chi connectivity index (χ2n) is 3.30. The number of rotatable bonds is 3. The molecule has 0 saturated heterocycles. The molecule has 0 atom stereocenters. The first-order valence-electron chi connectivity index (χ1n) is 4.84. The zero-order valence-electron chi connectivity index (χ0n) is 8.44. The molecule has 0 spiro atoms. The molecule has 0 radical (unpaired) electrons. The molecule has 2 aromatic carbocycles. The summed E-state index contributed by atoms with van der Waals surface area (Å²) in [6.45, 7) is 4.08. The minimum Gasteiger partial charge on any atom is -0.487 e. The third-order valence-corrected chi connectivity index (χ3v) is 2.29. The first-order chi connectivity index (χ1) is 7.33. The number of fused-ring (bicyclic) bond motifs is 1. The average Bonchev–Trinajstić information content (AvgIpc) is 2.29. The maximum atomic E-state index is 6.00. The molecular formula is C13H13NO. The van der Waals surface area contributed by atoms with E-state index in [2.05, 4.69) is 6.58 Å². The summed E-state index contributed by atoms with van der Waals surface area (Å²) < 4.78 is 5.45. The van der Waals surface area contributed by atoms with Crippen molar-refractivity contribution in [2.24, 2.45) is 0 Å². The Morgan fingerprint density at radius 3 is 2.80 bits per heavy atom. The molecule has 2 nitrogen and oxygen atoms in total. The highest BCUT2D eigenvalue weighted by Gasteiger charge is 2.03. The fourth-order valence-electron chi connectivity index (χ4n) is 1.55. The highest BCUT2D eigenvalue weighted by atomic mass is 16.5. The zero-order chi connectivity index (χ0) is 10.7. The van der Waals surface area contributed by atoms with Crippen molar-refractivity contribution in [2.45, 2.75) is 0 Å². The molecule has 0 aliphatic carbocycles. The van der Waals surface area contributed by atoms with Gasteiger partial charge in [-0.1, -0.05) is 43.0 Å². The van der Waals surface area contributed by atoms with Crippen molar-refractivity contribution in [2.75, 3.05) is 12.3 Å². The summed E-state index contributed by atoms with van der Waals surface area (Å²) in [5.74, 6) is 0.716. The van der Waals surface area contributed by atoms with Crippen molar-refractivity contribution in [1.82, 2.24) is 0 Å². The van der Waals surface area contributed by atoms with Gasteiger partial charge in [-0.3, -0.25) is 0 Å². The van der Waals surface area contributed by atoms with Gasteiger partial charge in [0, 0.05) is 5.39 Å². The molecule has 0 unspecified atom stereocenters. The molecule has 0 fully saturated rings. The fraction of sp³-hybridized carbons (Fsp3) is 0.0769. The van der Waals surface area contributed by atoms with Crippen LogP contribution in [0.3, 0.4) is 0 Å². The van der Waals surface area contributed by atoms with Crippen LogP contribution in [-0.2, 0) is 0 Å². The van der Waals surface area contributed by atoms with Crippen LogP contribution in [-0.4, -0.2) is 6.61 Å². The van der Waals surface area contributed by atoms with Gasteiger partial charge in [-0.25, -0.2) is 0 Å². The second-order valence-corrected chi connectivity index (χ2v) is 3.30. The monoisotopic (exact) mass is 199 g/mol. The molecular weight excluding hydrogens is 186 g/mol. The molecule has 76 valence electrons. The lowest BCUT2D eigenvalue weighted by molar-refractivity contribution is 0.365. The highest BCUT2D eigenvalue weighted by molar-refractivity contribution is 5.95. The zero-order valence-corrected chi connectivity index (χ0v) is 8.44. The van der Waals surface area contributed by atoms with Gasteiger partial charge in [-0.15, -0.1) is 0 Å². The van der Waals surface area contributed by atoms with Crippen molar-refractivity contribution >= 4 is 16.5 Å². The summed E-state index contributed by atoms with van der Waals surface area (Å²) in [4.78, 5) is 0. The normalized spacial score (nSPS) is 10.1. The summed E-state index contributed by atoms with van der Waals surface area (Å²) in [7, 11) is 0. The Morgan fingerprint density at radius 1 is 1.20 bits per heavy atom. The Labute approximate surface area is 89.0 Å². The fourth-order valence-corrected chi connectivity index (χ4v) is 1.55. The Balaban J connectivity index is 2.50. The van der Waals surface area contributed by atoms with Gasteiger partial charge in [-0.2, -0.15) is 0 Å². The van der Waals surface area contributed by atoms with E-state index < -0.39 is 0 Å².